The monoisotopic (exact) mass is 284 g/mol. The van der Waals surface area contributed by atoms with E-state index in [1.807, 2.05) is 31.2 Å². The Balaban J connectivity index is 2.06. The lowest BCUT2D eigenvalue weighted by molar-refractivity contribution is 0.0902. The van der Waals surface area contributed by atoms with Crippen molar-refractivity contribution in [3.05, 3.63) is 53.4 Å². The minimum Gasteiger partial charge on any atom is -0.395 e. The van der Waals surface area contributed by atoms with Gasteiger partial charge in [-0.2, -0.15) is 0 Å². The summed E-state index contributed by atoms with van der Waals surface area (Å²) >= 11 is 0. The molecule has 1 amide bonds. The molecule has 2 aromatic rings. The van der Waals surface area contributed by atoms with Gasteiger partial charge in [0, 0.05) is 18.1 Å². The molecule has 108 valence electrons. The Morgan fingerprint density at radius 1 is 1.48 bits per heavy atom. The van der Waals surface area contributed by atoms with Crippen LogP contribution < -0.4 is 5.32 Å². The van der Waals surface area contributed by atoms with Crippen LogP contribution >= 0.6 is 0 Å². The van der Waals surface area contributed by atoms with Gasteiger partial charge in [0.05, 0.1) is 18.8 Å². The number of benzene rings is 1. The molecule has 21 heavy (non-hydrogen) atoms. The molecular weight excluding hydrogens is 268 g/mol. The van der Waals surface area contributed by atoms with Crippen molar-refractivity contribution >= 4 is 5.91 Å². The number of amides is 1. The van der Waals surface area contributed by atoms with Crippen molar-refractivity contribution in [1.29, 1.82) is 0 Å². The molecule has 0 fully saturated rings. The van der Waals surface area contributed by atoms with Crippen LogP contribution in [0, 0.1) is 11.8 Å². The summed E-state index contributed by atoms with van der Waals surface area (Å²) in [7, 11) is 0. The second-order valence-corrected chi connectivity index (χ2v) is 4.47. The molecule has 1 aromatic heterocycles. The van der Waals surface area contributed by atoms with Crippen molar-refractivity contribution in [3.8, 4) is 11.8 Å². The molecule has 0 saturated carbocycles. The normalized spacial score (nSPS) is 11.3. The summed E-state index contributed by atoms with van der Waals surface area (Å²) < 4.78 is 4.81. The van der Waals surface area contributed by atoms with Crippen LogP contribution in [0.1, 0.15) is 41.1 Å². The fourth-order valence-corrected chi connectivity index (χ4v) is 1.79. The lowest BCUT2D eigenvalue weighted by atomic mass is 10.1. The van der Waals surface area contributed by atoms with Gasteiger partial charge in [0.25, 0.3) is 5.91 Å². The Bertz CT molecular complexity index is 654. The van der Waals surface area contributed by atoms with Gasteiger partial charge in [-0.3, -0.25) is 4.79 Å². The van der Waals surface area contributed by atoms with E-state index in [-0.39, 0.29) is 24.3 Å². The molecule has 0 aliphatic carbocycles. The molecule has 0 saturated heterocycles. The minimum atomic E-state index is -0.309. The highest BCUT2D eigenvalue weighted by molar-refractivity contribution is 5.91. The molecule has 0 aliphatic heterocycles. The Kier molecular flexibility index (Phi) is 5.13. The standard InChI is InChI=1S/C16H16N2O3/c1-12(18-16(20)15-8-9-17-21-15)14-7-4-6-13(11-14)5-2-3-10-19/h4,6-9,11-12,19H,3,10H2,1H3,(H,18,20). The summed E-state index contributed by atoms with van der Waals surface area (Å²) in [5.74, 6) is 5.71. The van der Waals surface area contributed by atoms with Gasteiger partial charge in [-0.1, -0.05) is 29.1 Å². The van der Waals surface area contributed by atoms with E-state index >= 15 is 0 Å². The van der Waals surface area contributed by atoms with Crippen molar-refractivity contribution < 1.29 is 14.4 Å². The molecule has 1 aromatic carbocycles. The van der Waals surface area contributed by atoms with Crippen LogP contribution in [0.5, 0.6) is 0 Å². The van der Waals surface area contributed by atoms with Gasteiger partial charge in [0.2, 0.25) is 5.76 Å². The summed E-state index contributed by atoms with van der Waals surface area (Å²) in [6.07, 6.45) is 1.87. The number of aliphatic hydroxyl groups is 1. The zero-order valence-corrected chi connectivity index (χ0v) is 11.7. The molecule has 5 heteroatoms. The maximum absolute atomic E-state index is 11.9. The molecule has 0 bridgehead atoms. The molecule has 1 atom stereocenters. The summed E-state index contributed by atoms with van der Waals surface area (Å²) in [6.45, 7) is 1.94. The van der Waals surface area contributed by atoms with Crippen molar-refractivity contribution in [3.63, 3.8) is 0 Å². The number of carbonyl (C=O) groups excluding carboxylic acids is 1. The van der Waals surface area contributed by atoms with E-state index in [0.29, 0.717) is 6.42 Å². The van der Waals surface area contributed by atoms with Crippen LogP contribution in [-0.4, -0.2) is 22.8 Å². The predicted octanol–water partition coefficient (Wildman–Crippen LogP) is 1.90. The van der Waals surface area contributed by atoms with Crippen molar-refractivity contribution in [2.45, 2.75) is 19.4 Å². The lowest BCUT2D eigenvalue weighted by Gasteiger charge is -2.13. The first-order valence-electron chi connectivity index (χ1n) is 6.62. The van der Waals surface area contributed by atoms with E-state index < -0.39 is 0 Å². The first-order chi connectivity index (χ1) is 10.2. The quantitative estimate of drug-likeness (QED) is 0.841. The number of nitrogens with zero attached hydrogens (tertiary/aromatic N) is 1. The predicted molar refractivity (Wildman–Crippen MR) is 77.4 cm³/mol. The average Bonchev–Trinajstić information content (AvgIpc) is 3.02. The summed E-state index contributed by atoms with van der Waals surface area (Å²) in [5, 5.41) is 15.0. The van der Waals surface area contributed by atoms with E-state index in [2.05, 4.69) is 22.3 Å². The van der Waals surface area contributed by atoms with Gasteiger partial charge >= 0.3 is 0 Å². The van der Waals surface area contributed by atoms with Crippen LogP contribution in [0.2, 0.25) is 0 Å². The fourth-order valence-electron chi connectivity index (χ4n) is 1.79. The Morgan fingerprint density at radius 2 is 2.33 bits per heavy atom. The molecule has 1 unspecified atom stereocenters. The number of carbonyl (C=O) groups is 1. The molecule has 1 heterocycles. The van der Waals surface area contributed by atoms with Crippen LogP contribution in [-0.2, 0) is 0 Å². The van der Waals surface area contributed by atoms with E-state index in [1.54, 1.807) is 0 Å². The van der Waals surface area contributed by atoms with E-state index in [1.165, 1.54) is 12.3 Å². The number of hydrogen-bond acceptors (Lipinski definition) is 4. The van der Waals surface area contributed by atoms with Crippen LogP contribution in [0.4, 0.5) is 0 Å². The number of rotatable bonds is 4. The summed E-state index contributed by atoms with van der Waals surface area (Å²) in [6, 6.07) is 8.94. The molecule has 0 radical (unpaired) electrons. The van der Waals surface area contributed by atoms with Gasteiger partial charge in [0.1, 0.15) is 0 Å². The lowest BCUT2D eigenvalue weighted by Crippen LogP contribution is -2.26. The Labute approximate surface area is 123 Å². The van der Waals surface area contributed by atoms with Crippen molar-refractivity contribution in [2.24, 2.45) is 0 Å². The van der Waals surface area contributed by atoms with Crippen LogP contribution in [0.15, 0.2) is 41.1 Å². The van der Waals surface area contributed by atoms with E-state index in [0.717, 1.165) is 11.1 Å². The second kappa shape index (κ2) is 7.27. The van der Waals surface area contributed by atoms with Crippen molar-refractivity contribution in [2.75, 3.05) is 6.61 Å². The smallest absolute Gasteiger partial charge is 0.290 e. The summed E-state index contributed by atoms with van der Waals surface area (Å²) in [4.78, 5) is 11.9. The number of aromatic nitrogens is 1. The summed E-state index contributed by atoms with van der Waals surface area (Å²) in [5.41, 5.74) is 1.79. The third-order valence-electron chi connectivity index (χ3n) is 2.87. The molecule has 0 spiro atoms. The van der Waals surface area contributed by atoms with Crippen LogP contribution in [0.25, 0.3) is 0 Å². The average molecular weight is 284 g/mol. The van der Waals surface area contributed by atoms with Gasteiger partial charge < -0.3 is 14.9 Å². The highest BCUT2D eigenvalue weighted by Crippen LogP contribution is 2.14. The van der Waals surface area contributed by atoms with E-state index in [4.69, 9.17) is 9.63 Å². The fraction of sp³-hybridized carbons (Fsp3) is 0.250. The highest BCUT2D eigenvalue weighted by atomic mass is 16.5. The Morgan fingerprint density at radius 3 is 3.05 bits per heavy atom. The molecule has 5 nitrogen and oxygen atoms in total. The zero-order chi connectivity index (χ0) is 15.1. The number of aliphatic hydroxyl groups excluding tert-OH is 1. The van der Waals surface area contributed by atoms with Crippen molar-refractivity contribution in [1.82, 2.24) is 10.5 Å². The number of hydrogen-bond donors (Lipinski definition) is 2. The van der Waals surface area contributed by atoms with Gasteiger partial charge in [-0.25, -0.2) is 0 Å². The van der Waals surface area contributed by atoms with E-state index in [9.17, 15) is 4.79 Å². The van der Waals surface area contributed by atoms with Crippen LogP contribution in [0.3, 0.4) is 0 Å². The third-order valence-corrected chi connectivity index (χ3v) is 2.87. The first-order valence-corrected chi connectivity index (χ1v) is 6.62. The Hall–Kier alpha value is -2.58. The molecule has 2 N–H and O–H groups in total. The molecule has 0 aliphatic rings. The maximum Gasteiger partial charge on any atom is 0.290 e. The second-order valence-electron chi connectivity index (χ2n) is 4.47. The van der Waals surface area contributed by atoms with Gasteiger partial charge in [0.15, 0.2) is 0 Å². The topological polar surface area (TPSA) is 75.4 Å². The molecular formula is C16H16N2O3. The number of nitrogens with one attached hydrogen (secondary N) is 1. The zero-order valence-electron chi connectivity index (χ0n) is 11.7. The van der Waals surface area contributed by atoms with Gasteiger partial charge in [-0.15, -0.1) is 0 Å². The third kappa shape index (κ3) is 4.20. The highest BCUT2D eigenvalue weighted by Gasteiger charge is 2.14. The molecule has 2 rings (SSSR count). The van der Waals surface area contributed by atoms with Gasteiger partial charge in [-0.05, 0) is 24.6 Å². The largest absolute Gasteiger partial charge is 0.395 e. The minimum absolute atomic E-state index is 0.0519. The first kappa shape index (κ1) is 14.8. The maximum atomic E-state index is 11.9. The SMILES string of the molecule is CC(NC(=O)c1ccno1)c1cccc(C#CCCO)c1.